The molecule has 0 saturated carbocycles. The molecule has 0 radical (unpaired) electrons. The number of furan rings is 1. The van der Waals surface area contributed by atoms with E-state index in [0.717, 1.165) is 54.0 Å². The lowest BCUT2D eigenvalue weighted by Gasteiger charge is -2.19. The normalized spacial score (nSPS) is 17.1. The van der Waals surface area contributed by atoms with Gasteiger partial charge in [-0.05, 0) is 40.0 Å². The van der Waals surface area contributed by atoms with Crippen LogP contribution in [0.3, 0.4) is 0 Å². The standard InChI is InChI=1S/C16H21N3O2/c1-10-5-6-13(20-10)8-19(4)9-14-7-15-11(2)17-12(3)18-16(15)21-14/h5-6,14H,7-9H2,1-4H3/t14-/m0/s1. The van der Waals surface area contributed by atoms with Crippen molar-refractivity contribution >= 4 is 0 Å². The minimum atomic E-state index is 0.135. The Labute approximate surface area is 125 Å². The molecule has 2 aromatic heterocycles. The van der Waals surface area contributed by atoms with Crippen LogP contribution in [-0.2, 0) is 13.0 Å². The first-order valence-corrected chi connectivity index (χ1v) is 7.26. The topological polar surface area (TPSA) is 51.4 Å². The van der Waals surface area contributed by atoms with Crippen molar-refractivity contribution in [1.29, 1.82) is 0 Å². The van der Waals surface area contributed by atoms with Gasteiger partial charge in [0.05, 0.1) is 6.54 Å². The molecule has 5 nitrogen and oxygen atoms in total. The van der Waals surface area contributed by atoms with Crippen molar-refractivity contribution in [2.75, 3.05) is 13.6 Å². The fourth-order valence-corrected chi connectivity index (χ4v) is 2.81. The highest BCUT2D eigenvalue weighted by atomic mass is 16.5. The van der Waals surface area contributed by atoms with Crippen molar-refractivity contribution in [3.63, 3.8) is 0 Å². The van der Waals surface area contributed by atoms with Crippen molar-refractivity contribution in [3.05, 3.63) is 40.7 Å². The molecule has 1 aliphatic rings. The molecule has 0 bridgehead atoms. The minimum Gasteiger partial charge on any atom is -0.472 e. The Bertz CT molecular complexity index is 651. The SMILES string of the molecule is Cc1nc(C)c2c(n1)O[C@H](CN(C)Cc1ccc(C)o1)C2. The third-order valence-corrected chi connectivity index (χ3v) is 3.73. The molecule has 0 spiro atoms. The first-order chi connectivity index (χ1) is 10.0. The summed E-state index contributed by atoms with van der Waals surface area (Å²) in [5, 5.41) is 0. The van der Waals surface area contributed by atoms with Gasteiger partial charge >= 0.3 is 0 Å². The van der Waals surface area contributed by atoms with Crippen LogP contribution in [0.2, 0.25) is 0 Å². The van der Waals surface area contributed by atoms with E-state index in [4.69, 9.17) is 9.15 Å². The molecule has 0 amide bonds. The highest BCUT2D eigenvalue weighted by Gasteiger charge is 2.27. The van der Waals surface area contributed by atoms with E-state index in [1.165, 1.54) is 0 Å². The molecule has 5 heteroatoms. The van der Waals surface area contributed by atoms with E-state index in [-0.39, 0.29) is 6.10 Å². The Morgan fingerprint density at radius 3 is 2.76 bits per heavy atom. The predicted octanol–water partition coefficient (Wildman–Crippen LogP) is 2.43. The van der Waals surface area contributed by atoms with Crippen molar-refractivity contribution in [1.82, 2.24) is 14.9 Å². The summed E-state index contributed by atoms with van der Waals surface area (Å²) < 4.78 is 11.6. The largest absolute Gasteiger partial charge is 0.472 e. The average molecular weight is 287 g/mol. The third kappa shape index (κ3) is 3.08. The number of fused-ring (bicyclic) bond motifs is 1. The van der Waals surface area contributed by atoms with Gasteiger partial charge in [-0.25, -0.2) is 4.98 Å². The highest BCUT2D eigenvalue weighted by molar-refractivity contribution is 5.34. The Hall–Kier alpha value is -1.88. The van der Waals surface area contributed by atoms with Gasteiger partial charge < -0.3 is 9.15 Å². The molecule has 0 unspecified atom stereocenters. The molecule has 0 N–H and O–H groups in total. The second-order valence-corrected chi connectivity index (χ2v) is 5.79. The molecule has 3 rings (SSSR count). The number of likely N-dealkylation sites (N-methyl/N-ethyl adjacent to an activating group) is 1. The molecule has 2 aromatic rings. The van der Waals surface area contributed by atoms with Crippen molar-refractivity contribution in [2.24, 2.45) is 0 Å². The monoisotopic (exact) mass is 287 g/mol. The third-order valence-electron chi connectivity index (χ3n) is 3.73. The Morgan fingerprint density at radius 2 is 2.05 bits per heavy atom. The zero-order chi connectivity index (χ0) is 15.0. The van der Waals surface area contributed by atoms with Crippen LogP contribution in [0.15, 0.2) is 16.5 Å². The lowest BCUT2D eigenvalue weighted by molar-refractivity contribution is 0.155. The van der Waals surface area contributed by atoms with Crippen LogP contribution >= 0.6 is 0 Å². The summed E-state index contributed by atoms with van der Waals surface area (Å²) in [6.07, 6.45) is 1.01. The maximum Gasteiger partial charge on any atom is 0.220 e. The Morgan fingerprint density at radius 1 is 1.24 bits per heavy atom. The number of nitrogens with zero attached hydrogens (tertiary/aromatic N) is 3. The molecule has 3 heterocycles. The van der Waals surface area contributed by atoms with Gasteiger partial charge in [0.25, 0.3) is 0 Å². The van der Waals surface area contributed by atoms with E-state index in [9.17, 15) is 0 Å². The molecular formula is C16H21N3O2. The Kier molecular flexibility index (Phi) is 3.68. The summed E-state index contributed by atoms with van der Waals surface area (Å²) >= 11 is 0. The van der Waals surface area contributed by atoms with Gasteiger partial charge in [-0.15, -0.1) is 0 Å². The molecule has 1 atom stereocenters. The zero-order valence-corrected chi connectivity index (χ0v) is 13.0. The lowest BCUT2D eigenvalue weighted by Crippen LogP contribution is -2.31. The summed E-state index contributed by atoms with van der Waals surface area (Å²) in [7, 11) is 2.08. The van der Waals surface area contributed by atoms with Crippen LogP contribution in [0.1, 0.15) is 28.6 Å². The average Bonchev–Trinajstić information content (AvgIpc) is 2.95. The second kappa shape index (κ2) is 5.48. The van der Waals surface area contributed by atoms with Gasteiger partial charge in [0.1, 0.15) is 23.4 Å². The fraction of sp³-hybridized carbons (Fsp3) is 0.500. The molecule has 0 fully saturated rings. The minimum absolute atomic E-state index is 0.135. The fourth-order valence-electron chi connectivity index (χ4n) is 2.81. The van der Waals surface area contributed by atoms with Crippen molar-refractivity contribution in [2.45, 2.75) is 39.8 Å². The van der Waals surface area contributed by atoms with Crippen LogP contribution in [0, 0.1) is 20.8 Å². The maximum atomic E-state index is 5.96. The van der Waals surface area contributed by atoms with E-state index in [1.54, 1.807) is 0 Å². The van der Waals surface area contributed by atoms with Gasteiger partial charge in [-0.1, -0.05) is 0 Å². The number of hydrogen-bond acceptors (Lipinski definition) is 5. The zero-order valence-electron chi connectivity index (χ0n) is 13.0. The predicted molar refractivity (Wildman–Crippen MR) is 79.4 cm³/mol. The molecule has 0 aromatic carbocycles. The molecule has 0 aliphatic carbocycles. The molecule has 21 heavy (non-hydrogen) atoms. The van der Waals surface area contributed by atoms with E-state index in [0.29, 0.717) is 0 Å². The highest BCUT2D eigenvalue weighted by Crippen LogP contribution is 2.29. The van der Waals surface area contributed by atoms with Crippen LogP contribution in [0.25, 0.3) is 0 Å². The van der Waals surface area contributed by atoms with Crippen molar-refractivity contribution < 1.29 is 9.15 Å². The van der Waals surface area contributed by atoms with Crippen LogP contribution in [0.4, 0.5) is 0 Å². The van der Waals surface area contributed by atoms with Gasteiger partial charge in [-0.2, -0.15) is 4.98 Å². The second-order valence-electron chi connectivity index (χ2n) is 5.79. The summed E-state index contributed by atoms with van der Waals surface area (Å²) in [4.78, 5) is 11.0. The van der Waals surface area contributed by atoms with E-state index < -0.39 is 0 Å². The van der Waals surface area contributed by atoms with Crippen LogP contribution in [-0.4, -0.2) is 34.6 Å². The molecule has 112 valence electrons. The summed E-state index contributed by atoms with van der Waals surface area (Å²) in [6.45, 7) is 7.51. The first-order valence-electron chi connectivity index (χ1n) is 7.26. The smallest absolute Gasteiger partial charge is 0.220 e. The number of rotatable bonds is 4. The lowest BCUT2D eigenvalue weighted by atomic mass is 10.1. The van der Waals surface area contributed by atoms with Crippen LogP contribution < -0.4 is 4.74 Å². The van der Waals surface area contributed by atoms with Crippen molar-refractivity contribution in [3.8, 4) is 5.88 Å². The van der Waals surface area contributed by atoms with Gasteiger partial charge in [0, 0.05) is 24.2 Å². The number of ether oxygens (including phenoxy) is 1. The van der Waals surface area contributed by atoms with Gasteiger partial charge in [-0.3, -0.25) is 4.90 Å². The molecule has 0 saturated heterocycles. The Balaban J connectivity index is 1.61. The summed E-state index contributed by atoms with van der Waals surface area (Å²) in [5.74, 6) is 3.46. The van der Waals surface area contributed by atoms with E-state index in [2.05, 4.69) is 21.9 Å². The van der Waals surface area contributed by atoms with Crippen LogP contribution in [0.5, 0.6) is 5.88 Å². The molecular weight excluding hydrogens is 266 g/mol. The first kappa shape index (κ1) is 14.1. The summed E-state index contributed by atoms with van der Waals surface area (Å²) in [5.41, 5.74) is 2.18. The molecule has 1 aliphatic heterocycles. The van der Waals surface area contributed by atoms with Gasteiger partial charge in [0.2, 0.25) is 5.88 Å². The van der Waals surface area contributed by atoms with E-state index in [1.807, 2.05) is 32.9 Å². The number of aromatic nitrogens is 2. The van der Waals surface area contributed by atoms with Gasteiger partial charge in [0.15, 0.2) is 0 Å². The number of hydrogen-bond donors (Lipinski definition) is 0. The number of aryl methyl sites for hydroxylation is 3. The van der Waals surface area contributed by atoms with E-state index >= 15 is 0 Å². The maximum absolute atomic E-state index is 5.96. The summed E-state index contributed by atoms with van der Waals surface area (Å²) in [6, 6.07) is 4.02. The quantitative estimate of drug-likeness (QED) is 0.864.